The van der Waals surface area contributed by atoms with Crippen molar-refractivity contribution in [3.63, 3.8) is 0 Å². The van der Waals surface area contributed by atoms with Crippen molar-refractivity contribution in [1.82, 2.24) is 5.32 Å². The molecule has 0 heterocycles. The zero-order valence-electron chi connectivity index (χ0n) is 11.2. The van der Waals surface area contributed by atoms with Gasteiger partial charge in [0.05, 0.1) is 7.11 Å². The molecule has 0 bridgehead atoms. The Labute approximate surface area is 109 Å². The number of hydrogen-bond acceptors (Lipinski definition) is 2. The number of benzene rings is 1. The van der Waals surface area contributed by atoms with Crippen LogP contribution in [0.15, 0.2) is 18.2 Å². The first-order valence-electron chi connectivity index (χ1n) is 6.82. The lowest BCUT2D eigenvalue weighted by molar-refractivity contribution is 0.259. The molecule has 2 nitrogen and oxygen atoms in total. The first-order chi connectivity index (χ1) is 8.76. The topological polar surface area (TPSA) is 21.3 Å². The summed E-state index contributed by atoms with van der Waals surface area (Å²) in [5.74, 6) is 0.869. The molecule has 2 rings (SSSR count). The van der Waals surface area contributed by atoms with E-state index < -0.39 is 0 Å². The molecule has 1 aromatic carbocycles. The van der Waals surface area contributed by atoms with E-state index in [4.69, 9.17) is 4.74 Å². The Morgan fingerprint density at radius 3 is 2.78 bits per heavy atom. The summed E-state index contributed by atoms with van der Waals surface area (Å²) in [6.07, 6.45) is 4.92. The maximum absolute atomic E-state index is 14.3. The van der Waals surface area contributed by atoms with Gasteiger partial charge in [0.2, 0.25) is 0 Å². The van der Waals surface area contributed by atoms with E-state index in [0.717, 1.165) is 24.4 Å². The molecule has 1 saturated carbocycles. The summed E-state index contributed by atoms with van der Waals surface area (Å²) in [4.78, 5) is 0. The average molecular weight is 251 g/mol. The fourth-order valence-corrected chi connectivity index (χ4v) is 2.58. The largest absolute Gasteiger partial charge is 0.494 e. The molecule has 1 aliphatic rings. The van der Waals surface area contributed by atoms with Crippen molar-refractivity contribution in [1.29, 1.82) is 0 Å². The van der Waals surface area contributed by atoms with Crippen molar-refractivity contribution < 1.29 is 9.13 Å². The van der Waals surface area contributed by atoms with Gasteiger partial charge in [-0.15, -0.1) is 0 Å². The standard InChI is InChI=1S/C15H22FNO/c1-3-17-13(10-11-6-4-7-11)12-8-5-9-14(18-2)15(12)16/h5,8-9,11,13,17H,3-4,6-7,10H2,1-2H3. The maximum atomic E-state index is 14.3. The maximum Gasteiger partial charge on any atom is 0.169 e. The Morgan fingerprint density at radius 2 is 2.22 bits per heavy atom. The molecule has 0 saturated heterocycles. The zero-order chi connectivity index (χ0) is 13.0. The van der Waals surface area contributed by atoms with E-state index in [1.54, 1.807) is 6.07 Å². The average Bonchev–Trinajstić information content (AvgIpc) is 2.33. The van der Waals surface area contributed by atoms with Gasteiger partial charge in [0.15, 0.2) is 11.6 Å². The molecule has 0 amide bonds. The van der Waals surface area contributed by atoms with Gasteiger partial charge >= 0.3 is 0 Å². The zero-order valence-corrected chi connectivity index (χ0v) is 11.2. The van der Waals surface area contributed by atoms with Crippen LogP contribution in [0.3, 0.4) is 0 Å². The normalized spacial score (nSPS) is 17.3. The molecular weight excluding hydrogens is 229 g/mol. The number of rotatable bonds is 6. The number of hydrogen-bond donors (Lipinski definition) is 1. The SMILES string of the molecule is CCNC(CC1CCC1)c1cccc(OC)c1F. The molecule has 0 radical (unpaired) electrons. The lowest BCUT2D eigenvalue weighted by Gasteiger charge is -2.30. The minimum absolute atomic E-state index is 0.107. The predicted molar refractivity (Wildman–Crippen MR) is 71.3 cm³/mol. The molecule has 0 aromatic heterocycles. The van der Waals surface area contributed by atoms with Crippen LogP contribution in [0, 0.1) is 11.7 Å². The Hall–Kier alpha value is -1.09. The van der Waals surface area contributed by atoms with Crippen molar-refractivity contribution in [2.45, 2.75) is 38.6 Å². The molecule has 1 aromatic rings. The minimum atomic E-state index is -0.217. The molecule has 1 N–H and O–H groups in total. The van der Waals surface area contributed by atoms with Gasteiger partial charge in [-0.2, -0.15) is 0 Å². The van der Waals surface area contributed by atoms with Crippen LogP contribution < -0.4 is 10.1 Å². The molecule has 18 heavy (non-hydrogen) atoms. The van der Waals surface area contributed by atoms with Crippen LogP contribution in [-0.4, -0.2) is 13.7 Å². The third kappa shape index (κ3) is 2.83. The second-order valence-corrected chi connectivity index (χ2v) is 5.01. The van der Waals surface area contributed by atoms with Crippen molar-refractivity contribution in [3.05, 3.63) is 29.6 Å². The molecule has 1 fully saturated rings. The third-order valence-electron chi connectivity index (χ3n) is 3.83. The highest BCUT2D eigenvalue weighted by Crippen LogP contribution is 2.36. The van der Waals surface area contributed by atoms with Gasteiger partial charge in [-0.25, -0.2) is 4.39 Å². The summed E-state index contributed by atoms with van der Waals surface area (Å²) in [7, 11) is 1.51. The molecule has 1 aliphatic carbocycles. The number of ether oxygens (including phenoxy) is 1. The molecule has 1 unspecified atom stereocenters. The summed E-state index contributed by atoms with van der Waals surface area (Å²) in [5.41, 5.74) is 0.739. The van der Waals surface area contributed by atoms with Gasteiger partial charge in [0, 0.05) is 11.6 Å². The van der Waals surface area contributed by atoms with Crippen LogP contribution in [0.1, 0.15) is 44.2 Å². The molecular formula is C15H22FNO. The van der Waals surface area contributed by atoms with Gasteiger partial charge in [0.1, 0.15) is 0 Å². The van der Waals surface area contributed by atoms with Crippen molar-refractivity contribution >= 4 is 0 Å². The highest BCUT2D eigenvalue weighted by molar-refractivity contribution is 5.33. The fourth-order valence-electron chi connectivity index (χ4n) is 2.58. The van der Waals surface area contributed by atoms with Crippen LogP contribution >= 0.6 is 0 Å². The lowest BCUT2D eigenvalue weighted by Crippen LogP contribution is -2.26. The van der Waals surface area contributed by atoms with E-state index >= 15 is 0 Å². The first kappa shape index (κ1) is 13.3. The Bertz CT molecular complexity index is 390. The summed E-state index contributed by atoms with van der Waals surface area (Å²) in [5, 5.41) is 3.39. The van der Waals surface area contributed by atoms with Crippen LogP contribution in [0.2, 0.25) is 0 Å². The third-order valence-corrected chi connectivity index (χ3v) is 3.83. The minimum Gasteiger partial charge on any atom is -0.494 e. The second kappa shape index (κ2) is 6.19. The molecule has 0 spiro atoms. The fraction of sp³-hybridized carbons (Fsp3) is 0.600. The van der Waals surface area contributed by atoms with Gasteiger partial charge in [-0.1, -0.05) is 38.3 Å². The number of halogens is 1. The Kier molecular flexibility index (Phi) is 4.59. The van der Waals surface area contributed by atoms with Gasteiger partial charge in [-0.3, -0.25) is 0 Å². The van der Waals surface area contributed by atoms with Crippen LogP contribution in [-0.2, 0) is 0 Å². The molecule has 1 atom stereocenters. The summed E-state index contributed by atoms with van der Waals surface area (Å²) >= 11 is 0. The monoisotopic (exact) mass is 251 g/mol. The van der Waals surface area contributed by atoms with Crippen LogP contribution in [0.25, 0.3) is 0 Å². The molecule has 3 heteroatoms. The number of nitrogens with one attached hydrogen (secondary N) is 1. The smallest absolute Gasteiger partial charge is 0.169 e. The van der Waals surface area contributed by atoms with E-state index in [-0.39, 0.29) is 11.9 Å². The highest BCUT2D eigenvalue weighted by atomic mass is 19.1. The number of methoxy groups -OCH3 is 1. The van der Waals surface area contributed by atoms with Gasteiger partial charge in [-0.05, 0) is 24.9 Å². The van der Waals surface area contributed by atoms with Gasteiger partial charge in [0.25, 0.3) is 0 Å². The van der Waals surface area contributed by atoms with E-state index in [1.165, 1.54) is 26.4 Å². The predicted octanol–water partition coefficient (Wildman–Crippen LogP) is 3.68. The van der Waals surface area contributed by atoms with E-state index in [2.05, 4.69) is 12.2 Å². The summed E-state index contributed by atoms with van der Waals surface area (Å²) in [6, 6.07) is 5.51. The highest BCUT2D eigenvalue weighted by Gasteiger charge is 2.25. The van der Waals surface area contributed by atoms with Crippen molar-refractivity contribution in [2.24, 2.45) is 5.92 Å². The van der Waals surface area contributed by atoms with Crippen LogP contribution in [0.5, 0.6) is 5.75 Å². The van der Waals surface area contributed by atoms with Gasteiger partial charge < -0.3 is 10.1 Å². The second-order valence-electron chi connectivity index (χ2n) is 5.01. The van der Waals surface area contributed by atoms with Crippen molar-refractivity contribution in [3.8, 4) is 5.75 Å². The Balaban J connectivity index is 2.17. The first-order valence-corrected chi connectivity index (χ1v) is 6.82. The van der Waals surface area contributed by atoms with E-state index in [0.29, 0.717) is 5.75 Å². The molecule has 0 aliphatic heterocycles. The van der Waals surface area contributed by atoms with E-state index in [1.807, 2.05) is 12.1 Å². The Morgan fingerprint density at radius 1 is 1.44 bits per heavy atom. The van der Waals surface area contributed by atoms with E-state index in [9.17, 15) is 4.39 Å². The van der Waals surface area contributed by atoms with Crippen molar-refractivity contribution in [2.75, 3.05) is 13.7 Å². The van der Waals surface area contributed by atoms with Crippen LogP contribution in [0.4, 0.5) is 4.39 Å². The quantitative estimate of drug-likeness (QED) is 0.832. The summed E-state index contributed by atoms with van der Waals surface area (Å²) in [6.45, 7) is 2.92. The lowest BCUT2D eigenvalue weighted by atomic mass is 9.79. The summed E-state index contributed by atoms with van der Waals surface area (Å²) < 4.78 is 19.3. The molecule has 100 valence electrons.